The molecule has 0 amide bonds. The highest BCUT2D eigenvalue weighted by Crippen LogP contribution is 2.02. The van der Waals surface area contributed by atoms with E-state index in [0.717, 1.165) is 0 Å². The van der Waals surface area contributed by atoms with Gasteiger partial charge in [0.1, 0.15) is 13.0 Å². The largest absolute Gasteiger partial charge is 0.481 e. The molecule has 1 rings (SSSR count). The van der Waals surface area contributed by atoms with E-state index in [9.17, 15) is 9.59 Å². The molecule has 1 N–H and O–H groups in total. The molecule has 1 aromatic rings. The molecule has 70 valence electrons. The Hall–Kier alpha value is -1.43. The lowest BCUT2D eigenvalue weighted by molar-refractivity contribution is -0.152. The Bertz CT molecular complexity index is 295. The lowest BCUT2D eigenvalue weighted by Crippen LogP contribution is -2.10. The topological polar surface area (TPSA) is 76.5 Å². The number of thiazole rings is 1. The van der Waals surface area contributed by atoms with Crippen molar-refractivity contribution in [2.24, 2.45) is 0 Å². The maximum atomic E-state index is 10.7. The Balaban J connectivity index is 2.27. The number of carboxylic acid groups (broad SMARTS) is 1. The average Bonchev–Trinajstić information content (AvgIpc) is 2.51. The molecule has 0 aliphatic rings. The number of carbonyl (C=O) groups excluding carboxylic acids is 1. The quantitative estimate of drug-likeness (QED) is 0.572. The molecule has 0 aliphatic heterocycles. The van der Waals surface area contributed by atoms with Gasteiger partial charge in [-0.25, -0.2) is 4.98 Å². The molecule has 0 aromatic carbocycles. The van der Waals surface area contributed by atoms with Crippen LogP contribution in [0.15, 0.2) is 10.9 Å². The first-order valence-corrected chi connectivity index (χ1v) is 4.37. The van der Waals surface area contributed by atoms with Gasteiger partial charge in [0.05, 0.1) is 11.2 Å². The molecular formula is C7H7NO4S. The van der Waals surface area contributed by atoms with Crippen LogP contribution in [0.2, 0.25) is 0 Å². The number of aliphatic carboxylic acids is 1. The predicted molar refractivity (Wildman–Crippen MR) is 44.2 cm³/mol. The van der Waals surface area contributed by atoms with Crippen molar-refractivity contribution in [3.05, 3.63) is 16.6 Å². The second-order valence-electron chi connectivity index (χ2n) is 2.21. The van der Waals surface area contributed by atoms with Crippen molar-refractivity contribution < 1.29 is 19.4 Å². The Morgan fingerprint density at radius 3 is 2.92 bits per heavy atom. The fourth-order valence-electron chi connectivity index (χ4n) is 0.638. The summed E-state index contributed by atoms with van der Waals surface area (Å²) in [7, 11) is 0. The van der Waals surface area contributed by atoms with Gasteiger partial charge in [-0.15, -0.1) is 11.3 Å². The monoisotopic (exact) mass is 201 g/mol. The maximum Gasteiger partial charge on any atom is 0.317 e. The lowest BCUT2D eigenvalue weighted by Gasteiger charge is -1.99. The molecular weight excluding hydrogens is 194 g/mol. The summed E-state index contributed by atoms with van der Waals surface area (Å²) in [6.45, 7) is 0.0373. The molecule has 0 atom stereocenters. The molecule has 0 saturated carbocycles. The van der Waals surface area contributed by atoms with Crippen molar-refractivity contribution in [2.45, 2.75) is 13.0 Å². The number of hydrogen-bond donors (Lipinski definition) is 1. The van der Waals surface area contributed by atoms with Gasteiger partial charge in [-0.2, -0.15) is 0 Å². The van der Waals surface area contributed by atoms with E-state index in [-0.39, 0.29) is 6.61 Å². The summed E-state index contributed by atoms with van der Waals surface area (Å²) in [6.07, 6.45) is -0.607. The van der Waals surface area contributed by atoms with Crippen molar-refractivity contribution in [1.82, 2.24) is 4.98 Å². The van der Waals surface area contributed by atoms with E-state index in [2.05, 4.69) is 9.72 Å². The second kappa shape index (κ2) is 4.56. The van der Waals surface area contributed by atoms with Crippen molar-refractivity contribution in [1.29, 1.82) is 0 Å². The minimum absolute atomic E-state index is 0.0373. The van der Waals surface area contributed by atoms with Crippen molar-refractivity contribution in [3.63, 3.8) is 0 Å². The number of rotatable bonds is 4. The Morgan fingerprint density at radius 1 is 1.62 bits per heavy atom. The van der Waals surface area contributed by atoms with E-state index in [4.69, 9.17) is 5.11 Å². The zero-order chi connectivity index (χ0) is 9.68. The first kappa shape index (κ1) is 9.66. The molecule has 0 spiro atoms. The van der Waals surface area contributed by atoms with Gasteiger partial charge in [-0.1, -0.05) is 0 Å². The number of carbonyl (C=O) groups is 2. The van der Waals surface area contributed by atoms with Crippen molar-refractivity contribution in [3.8, 4) is 0 Å². The summed E-state index contributed by atoms with van der Waals surface area (Å²) < 4.78 is 4.62. The van der Waals surface area contributed by atoms with Crippen LogP contribution in [0.1, 0.15) is 12.1 Å². The summed E-state index contributed by atoms with van der Waals surface area (Å²) in [5.41, 5.74) is 2.24. The summed E-state index contributed by atoms with van der Waals surface area (Å²) >= 11 is 1.39. The van der Waals surface area contributed by atoms with Crippen LogP contribution >= 0.6 is 11.3 Å². The van der Waals surface area contributed by atoms with Gasteiger partial charge in [0.15, 0.2) is 0 Å². The van der Waals surface area contributed by atoms with E-state index in [1.807, 2.05) is 0 Å². The van der Waals surface area contributed by atoms with Gasteiger partial charge >= 0.3 is 11.9 Å². The molecule has 0 unspecified atom stereocenters. The van der Waals surface area contributed by atoms with Crippen LogP contribution in [-0.4, -0.2) is 22.0 Å². The molecule has 6 heteroatoms. The molecule has 0 bridgehead atoms. The SMILES string of the molecule is O=C(O)CC(=O)OCc1cscn1. The fraction of sp³-hybridized carbons (Fsp3) is 0.286. The maximum absolute atomic E-state index is 10.7. The first-order chi connectivity index (χ1) is 6.18. The van der Waals surface area contributed by atoms with Crippen LogP contribution in [0.25, 0.3) is 0 Å². The normalized spacial score (nSPS) is 9.54. The molecule has 5 nitrogen and oxygen atoms in total. The third kappa shape index (κ3) is 3.66. The number of nitrogens with zero attached hydrogens (tertiary/aromatic N) is 1. The number of carboxylic acids is 1. The van der Waals surface area contributed by atoms with Gasteiger partial charge in [0, 0.05) is 5.38 Å². The van der Waals surface area contributed by atoms with Crippen LogP contribution in [0.5, 0.6) is 0 Å². The van der Waals surface area contributed by atoms with Crippen molar-refractivity contribution in [2.75, 3.05) is 0 Å². The zero-order valence-corrected chi connectivity index (χ0v) is 7.41. The zero-order valence-electron chi connectivity index (χ0n) is 6.60. The van der Waals surface area contributed by atoms with Gasteiger partial charge in [0.2, 0.25) is 0 Å². The number of aromatic nitrogens is 1. The van der Waals surface area contributed by atoms with E-state index in [1.165, 1.54) is 11.3 Å². The number of ether oxygens (including phenoxy) is 1. The van der Waals surface area contributed by atoms with Gasteiger partial charge in [-0.3, -0.25) is 9.59 Å². The summed E-state index contributed by atoms with van der Waals surface area (Å²) in [4.78, 5) is 24.6. The lowest BCUT2D eigenvalue weighted by atomic mass is 10.4. The molecule has 13 heavy (non-hydrogen) atoms. The van der Waals surface area contributed by atoms with E-state index in [1.54, 1.807) is 10.9 Å². The Labute approximate surface area is 78.0 Å². The molecule has 0 fully saturated rings. The third-order valence-corrected chi connectivity index (χ3v) is 1.80. The molecule has 1 heterocycles. The van der Waals surface area contributed by atoms with Gasteiger partial charge < -0.3 is 9.84 Å². The standard InChI is InChI=1S/C7H7NO4S/c9-6(10)1-7(11)12-2-5-3-13-4-8-5/h3-4H,1-2H2,(H,9,10). The Kier molecular flexibility index (Phi) is 3.39. The summed E-state index contributed by atoms with van der Waals surface area (Å²) in [5, 5.41) is 9.96. The second-order valence-corrected chi connectivity index (χ2v) is 2.93. The van der Waals surface area contributed by atoms with E-state index in [0.29, 0.717) is 5.69 Å². The van der Waals surface area contributed by atoms with Crippen LogP contribution in [-0.2, 0) is 20.9 Å². The van der Waals surface area contributed by atoms with Crippen LogP contribution in [0.4, 0.5) is 0 Å². The number of hydrogen-bond acceptors (Lipinski definition) is 5. The highest BCUT2D eigenvalue weighted by atomic mass is 32.1. The highest BCUT2D eigenvalue weighted by molar-refractivity contribution is 7.07. The average molecular weight is 201 g/mol. The highest BCUT2D eigenvalue weighted by Gasteiger charge is 2.08. The van der Waals surface area contributed by atoms with Crippen LogP contribution < -0.4 is 0 Å². The molecule has 1 aromatic heterocycles. The smallest absolute Gasteiger partial charge is 0.317 e. The molecule has 0 radical (unpaired) electrons. The molecule has 0 saturated heterocycles. The fourth-order valence-corrected chi connectivity index (χ4v) is 1.18. The summed E-state index contributed by atoms with van der Waals surface area (Å²) in [6, 6.07) is 0. The molecule has 0 aliphatic carbocycles. The van der Waals surface area contributed by atoms with Crippen LogP contribution in [0, 0.1) is 0 Å². The number of esters is 1. The van der Waals surface area contributed by atoms with E-state index >= 15 is 0 Å². The van der Waals surface area contributed by atoms with Gasteiger partial charge in [-0.05, 0) is 0 Å². The predicted octanol–water partition coefficient (Wildman–Crippen LogP) is 0.661. The minimum atomic E-state index is -1.19. The minimum Gasteiger partial charge on any atom is -0.481 e. The Morgan fingerprint density at radius 2 is 2.38 bits per heavy atom. The third-order valence-electron chi connectivity index (χ3n) is 1.16. The van der Waals surface area contributed by atoms with E-state index < -0.39 is 18.4 Å². The van der Waals surface area contributed by atoms with Gasteiger partial charge in [0.25, 0.3) is 0 Å². The first-order valence-electron chi connectivity index (χ1n) is 3.43. The van der Waals surface area contributed by atoms with Crippen molar-refractivity contribution >= 4 is 23.3 Å². The summed E-state index contributed by atoms with van der Waals surface area (Å²) in [5.74, 6) is -1.94. The van der Waals surface area contributed by atoms with Crippen LogP contribution in [0.3, 0.4) is 0 Å².